The summed E-state index contributed by atoms with van der Waals surface area (Å²) < 4.78 is 1.96. The third-order valence-electron chi connectivity index (χ3n) is 3.58. The Morgan fingerprint density at radius 2 is 2.22 bits per heavy atom. The maximum atomic E-state index is 10.1. The van der Waals surface area contributed by atoms with Crippen molar-refractivity contribution in [3.05, 3.63) is 16.4 Å². The average Bonchev–Trinajstić information content (AvgIpc) is 2.55. The van der Waals surface area contributed by atoms with Gasteiger partial charge in [0.1, 0.15) is 0 Å². The van der Waals surface area contributed by atoms with Crippen LogP contribution in [-0.2, 0) is 13.1 Å². The van der Waals surface area contributed by atoms with Gasteiger partial charge in [0.15, 0.2) is 0 Å². The van der Waals surface area contributed by atoms with Gasteiger partial charge in [0.2, 0.25) is 0 Å². The number of halogens is 1. The summed E-state index contributed by atoms with van der Waals surface area (Å²) in [5.74, 6) is 0. The van der Waals surface area contributed by atoms with Crippen molar-refractivity contribution >= 4 is 11.6 Å². The van der Waals surface area contributed by atoms with Gasteiger partial charge in [-0.1, -0.05) is 11.6 Å². The Balaban J connectivity index is 2.14. The summed E-state index contributed by atoms with van der Waals surface area (Å²) >= 11 is 6.31. The minimum atomic E-state index is -0.573. The minimum Gasteiger partial charge on any atom is -0.389 e. The molecule has 18 heavy (non-hydrogen) atoms. The van der Waals surface area contributed by atoms with E-state index >= 15 is 0 Å². The van der Waals surface area contributed by atoms with Crippen molar-refractivity contribution in [1.29, 1.82) is 0 Å². The van der Waals surface area contributed by atoms with Crippen LogP contribution in [0.3, 0.4) is 0 Å². The Morgan fingerprint density at radius 1 is 1.50 bits per heavy atom. The van der Waals surface area contributed by atoms with Gasteiger partial charge in [-0.15, -0.1) is 0 Å². The lowest BCUT2D eigenvalue weighted by Gasteiger charge is -2.36. The van der Waals surface area contributed by atoms with Crippen LogP contribution in [0.15, 0.2) is 0 Å². The summed E-state index contributed by atoms with van der Waals surface area (Å²) in [5.41, 5.74) is 1.38. The molecule has 2 rings (SSSR count). The van der Waals surface area contributed by atoms with E-state index in [1.165, 1.54) is 0 Å². The fourth-order valence-electron chi connectivity index (χ4n) is 2.69. The molecule has 1 saturated heterocycles. The molecule has 0 spiro atoms. The van der Waals surface area contributed by atoms with Crippen LogP contribution >= 0.6 is 11.6 Å². The number of likely N-dealkylation sites (tertiary alicyclic amines) is 1. The first kappa shape index (κ1) is 13.8. The van der Waals surface area contributed by atoms with Crippen molar-refractivity contribution in [2.45, 2.75) is 52.3 Å². The number of piperidine rings is 1. The van der Waals surface area contributed by atoms with Crippen LogP contribution in [0.2, 0.25) is 5.02 Å². The van der Waals surface area contributed by atoms with E-state index in [0.717, 1.165) is 48.9 Å². The molecule has 1 unspecified atom stereocenters. The van der Waals surface area contributed by atoms with E-state index in [2.05, 4.69) is 16.9 Å². The Hall–Kier alpha value is -0.580. The van der Waals surface area contributed by atoms with E-state index in [0.29, 0.717) is 6.54 Å². The number of hydrogen-bond acceptors (Lipinski definition) is 3. The molecule has 0 amide bonds. The normalized spacial score (nSPS) is 25.6. The van der Waals surface area contributed by atoms with Crippen LogP contribution in [0, 0.1) is 6.92 Å². The topological polar surface area (TPSA) is 41.3 Å². The molecule has 0 radical (unpaired) electrons. The Bertz CT molecular complexity index is 428. The van der Waals surface area contributed by atoms with E-state index in [4.69, 9.17) is 11.6 Å². The summed E-state index contributed by atoms with van der Waals surface area (Å²) in [6.07, 6.45) is 1.91. The minimum absolute atomic E-state index is 0.573. The third-order valence-corrected chi connectivity index (χ3v) is 4.07. The zero-order valence-electron chi connectivity index (χ0n) is 11.4. The highest BCUT2D eigenvalue weighted by molar-refractivity contribution is 6.31. The van der Waals surface area contributed by atoms with Gasteiger partial charge in [0, 0.05) is 19.6 Å². The van der Waals surface area contributed by atoms with Gasteiger partial charge in [0.05, 0.1) is 22.0 Å². The lowest BCUT2D eigenvalue weighted by Crippen LogP contribution is -2.45. The predicted octanol–water partition coefficient (Wildman–Crippen LogP) is 2.21. The predicted molar refractivity (Wildman–Crippen MR) is 72.8 cm³/mol. The second-order valence-electron chi connectivity index (χ2n) is 5.47. The van der Waals surface area contributed by atoms with Crippen LogP contribution in [0.5, 0.6) is 0 Å². The van der Waals surface area contributed by atoms with E-state index in [1.807, 2.05) is 18.5 Å². The second-order valence-corrected chi connectivity index (χ2v) is 5.85. The summed E-state index contributed by atoms with van der Waals surface area (Å²) in [7, 11) is 0. The maximum Gasteiger partial charge on any atom is 0.0860 e. The van der Waals surface area contributed by atoms with Crippen molar-refractivity contribution in [2.75, 3.05) is 13.1 Å². The highest BCUT2D eigenvalue weighted by Gasteiger charge is 2.29. The zero-order valence-corrected chi connectivity index (χ0v) is 12.2. The van der Waals surface area contributed by atoms with Crippen LogP contribution in [0.25, 0.3) is 0 Å². The number of aliphatic hydroxyl groups is 1. The SMILES string of the molecule is CCn1nc(C)c(Cl)c1CN1CCCC(C)(O)C1. The Kier molecular flexibility index (Phi) is 3.99. The first-order valence-corrected chi connectivity index (χ1v) is 6.97. The smallest absolute Gasteiger partial charge is 0.0860 e. The second kappa shape index (κ2) is 5.19. The van der Waals surface area contributed by atoms with Gasteiger partial charge in [-0.25, -0.2) is 0 Å². The lowest BCUT2D eigenvalue weighted by molar-refractivity contribution is -0.0188. The van der Waals surface area contributed by atoms with Crippen molar-refractivity contribution in [1.82, 2.24) is 14.7 Å². The highest BCUT2D eigenvalue weighted by atomic mass is 35.5. The number of β-amino-alcohol motifs (C(OH)–C–C–N with tert-alkyl or cyclic N) is 1. The molecule has 0 saturated carbocycles. The average molecular weight is 272 g/mol. The number of nitrogens with zero attached hydrogens (tertiary/aromatic N) is 3. The summed E-state index contributed by atoms with van der Waals surface area (Å²) in [6, 6.07) is 0. The van der Waals surface area contributed by atoms with Crippen molar-refractivity contribution in [2.24, 2.45) is 0 Å². The van der Waals surface area contributed by atoms with Gasteiger partial charge >= 0.3 is 0 Å². The van der Waals surface area contributed by atoms with Crippen LogP contribution in [0.4, 0.5) is 0 Å². The molecule has 1 fully saturated rings. The Morgan fingerprint density at radius 3 is 2.83 bits per heavy atom. The van der Waals surface area contributed by atoms with E-state index in [-0.39, 0.29) is 0 Å². The molecular weight excluding hydrogens is 250 g/mol. The first-order chi connectivity index (χ1) is 8.43. The molecule has 1 aliphatic heterocycles. The van der Waals surface area contributed by atoms with Gasteiger partial charge < -0.3 is 5.11 Å². The number of aromatic nitrogens is 2. The fourth-order valence-corrected chi connectivity index (χ4v) is 2.89. The number of hydrogen-bond donors (Lipinski definition) is 1. The molecule has 2 heterocycles. The maximum absolute atomic E-state index is 10.1. The number of rotatable bonds is 3. The zero-order chi connectivity index (χ0) is 13.3. The van der Waals surface area contributed by atoms with Crippen molar-refractivity contribution < 1.29 is 5.11 Å². The van der Waals surface area contributed by atoms with Crippen molar-refractivity contribution in [3.8, 4) is 0 Å². The van der Waals surface area contributed by atoms with E-state index in [9.17, 15) is 5.11 Å². The monoisotopic (exact) mass is 271 g/mol. The largest absolute Gasteiger partial charge is 0.389 e. The first-order valence-electron chi connectivity index (χ1n) is 6.59. The Labute approximate surface area is 114 Å². The van der Waals surface area contributed by atoms with Crippen molar-refractivity contribution in [3.63, 3.8) is 0 Å². The molecule has 1 N–H and O–H groups in total. The summed E-state index contributed by atoms with van der Waals surface area (Å²) in [5, 5.41) is 15.3. The van der Waals surface area contributed by atoms with Gasteiger partial charge in [-0.2, -0.15) is 5.10 Å². The highest BCUT2D eigenvalue weighted by Crippen LogP contribution is 2.26. The molecule has 1 aliphatic rings. The molecule has 102 valence electrons. The van der Waals surface area contributed by atoms with Gasteiger partial charge in [0.25, 0.3) is 0 Å². The number of aryl methyl sites for hydroxylation is 2. The van der Waals surface area contributed by atoms with Gasteiger partial charge in [-0.3, -0.25) is 9.58 Å². The molecule has 1 aromatic rings. The lowest BCUT2D eigenvalue weighted by atomic mass is 9.95. The van der Waals surface area contributed by atoms with Crippen LogP contribution in [-0.4, -0.2) is 38.5 Å². The van der Waals surface area contributed by atoms with E-state index < -0.39 is 5.60 Å². The van der Waals surface area contributed by atoms with Crippen LogP contribution in [0.1, 0.15) is 38.1 Å². The molecule has 0 bridgehead atoms. The quantitative estimate of drug-likeness (QED) is 0.917. The molecule has 5 heteroatoms. The van der Waals surface area contributed by atoms with Gasteiger partial charge in [-0.05, 0) is 40.2 Å². The fraction of sp³-hybridized carbons (Fsp3) is 0.769. The van der Waals surface area contributed by atoms with Crippen LogP contribution < -0.4 is 0 Å². The molecule has 1 atom stereocenters. The molecule has 0 aliphatic carbocycles. The molecule has 1 aromatic heterocycles. The standard InChI is InChI=1S/C13H22ClN3O/c1-4-17-11(12(14)10(2)15-17)8-16-7-5-6-13(3,18)9-16/h18H,4-9H2,1-3H3. The summed E-state index contributed by atoms with van der Waals surface area (Å²) in [4.78, 5) is 2.26. The summed E-state index contributed by atoms with van der Waals surface area (Å²) in [6.45, 7) is 9.22. The molecule has 0 aromatic carbocycles. The molecule has 4 nitrogen and oxygen atoms in total. The molecular formula is C13H22ClN3O. The van der Waals surface area contributed by atoms with E-state index in [1.54, 1.807) is 0 Å². The third kappa shape index (κ3) is 2.87.